The van der Waals surface area contributed by atoms with E-state index in [9.17, 15) is 14.4 Å². The minimum atomic E-state index is -1.30. The third kappa shape index (κ3) is 6.68. The van der Waals surface area contributed by atoms with E-state index >= 15 is 0 Å². The highest BCUT2D eigenvalue weighted by Gasteiger charge is 2.53. The summed E-state index contributed by atoms with van der Waals surface area (Å²) >= 11 is 0. The van der Waals surface area contributed by atoms with Crippen molar-refractivity contribution >= 4 is 17.9 Å². The maximum Gasteiger partial charge on any atom is 0.338 e. The first-order valence-electron chi connectivity index (χ1n) is 13.0. The van der Waals surface area contributed by atoms with Gasteiger partial charge in [-0.15, -0.1) is 0 Å². The lowest BCUT2D eigenvalue weighted by atomic mass is 9.97. The zero-order chi connectivity index (χ0) is 28.6. The Kier molecular flexibility index (Phi) is 8.82. The van der Waals surface area contributed by atoms with Crippen molar-refractivity contribution < 1.29 is 38.1 Å². The molecule has 0 bridgehead atoms. The van der Waals surface area contributed by atoms with Gasteiger partial charge in [-0.25, -0.2) is 19.4 Å². The van der Waals surface area contributed by atoms with Gasteiger partial charge < -0.3 is 28.3 Å². The number of carbonyl (C=O) groups is 3. The number of rotatable bonds is 9. The number of ether oxygens (including phenoxy) is 5. The lowest BCUT2D eigenvalue weighted by molar-refractivity contribution is -0.289. The van der Waals surface area contributed by atoms with Gasteiger partial charge in [0.15, 0.2) is 24.6 Å². The average molecular weight is 557 g/mol. The summed E-state index contributed by atoms with van der Waals surface area (Å²) in [5.74, 6) is -2.06. The summed E-state index contributed by atoms with van der Waals surface area (Å²) in [6, 6.07) is 25.1. The molecule has 1 fully saturated rings. The fourth-order valence-corrected chi connectivity index (χ4v) is 4.52. The second kappa shape index (κ2) is 13.0. The van der Waals surface area contributed by atoms with Gasteiger partial charge >= 0.3 is 17.9 Å². The third-order valence-corrected chi connectivity index (χ3v) is 6.53. The van der Waals surface area contributed by atoms with Crippen molar-refractivity contribution in [3.8, 4) is 0 Å². The van der Waals surface area contributed by atoms with E-state index < -0.39 is 48.6 Å². The average Bonchev–Trinajstić information content (AvgIpc) is 3.54. The van der Waals surface area contributed by atoms with Crippen molar-refractivity contribution in [1.29, 1.82) is 0 Å². The Morgan fingerprint density at radius 2 is 1.17 bits per heavy atom. The van der Waals surface area contributed by atoms with Crippen molar-refractivity contribution in [2.24, 2.45) is 0 Å². The maximum atomic E-state index is 13.3. The van der Waals surface area contributed by atoms with E-state index in [1.807, 2.05) is 0 Å². The summed E-state index contributed by atoms with van der Waals surface area (Å²) in [6.45, 7) is 0.172. The molecule has 1 aliphatic heterocycles. The van der Waals surface area contributed by atoms with Gasteiger partial charge in [-0.1, -0.05) is 54.6 Å². The SMILES string of the molecule is CO[C@H]1O[C@H](Cn2ccnc2)[C@@H](OC(=O)c2ccccc2)[C@H](OC(=O)c2ccccc2)[C@H]1OC(=O)c1ccccc1. The standard InChI is InChI=1S/C31H28N2O8/c1-37-31-27(41-30(36)23-15-9-4-10-16-23)26(40-29(35)22-13-7-3-8-14-22)25(24(38-31)19-33-18-17-32-20-33)39-28(34)21-11-5-2-6-12-21/h2-18,20,24-27,31H,19H2,1H3/t24-,25-,26+,27-,31+/m1/s1. The lowest BCUT2D eigenvalue weighted by Gasteiger charge is -2.44. The van der Waals surface area contributed by atoms with Crippen LogP contribution in [0.2, 0.25) is 0 Å². The number of nitrogens with zero attached hydrogens (tertiary/aromatic N) is 2. The van der Waals surface area contributed by atoms with Crippen molar-refractivity contribution in [2.45, 2.75) is 37.3 Å². The predicted molar refractivity (Wildman–Crippen MR) is 145 cm³/mol. The van der Waals surface area contributed by atoms with Gasteiger partial charge in [0.25, 0.3) is 0 Å². The van der Waals surface area contributed by atoms with Crippen molar-refractivity contribution in [3.05, 3.63) is 126 Å². The number of aromatic nitrogens is 2. The Hall–Kier alpha value is -4.80. The molecule has 5 atom stereocenters. The summed E-state index contributed by atoms with van der Waals surface area (Å²) in [5, 5.41) is 0. The number of imidazole rings is 1. The highest BCUT2D eigenvalue weighted by molar-refractivity contribution is 5.91. The largest absolute Gasteiger partial charge is 0.452 e. The van der Waals surface area contributed by atoms with Crippen LogP contribution in [0, 0.1) is 0 Å². The second-order valence-electron chi connectivity index (χ2n) is 9.25. The van der Waals surface area contributed by atoms with Gasteiger partial charge in [0, 0.05) is 19.5 Å². The second-order valence-corrected chi connectivity index (χ2v) is 9.25. The van der Waals surface area contributed by atoms with Crippen molar-refractivity contribution in [1.82, 2.24) is 9.55 Å². The molecule has 10 heteroatoms. The third-order valence-electron chi connectivity index (χ3n) is 6.53. The van der Waals surface area contributed by atoms with Crippen LogP contribution in [0.3, 0.4) is 0 Å². The van der Waals surface area contributed by atoms with E-state index in [-0.39, 0.29) is 23.2 Å². The Morgan fingerprint density at radius 1 is 0.707 bits per heavy atom. The zero-order valence-corrected chi connectivity index (χ0v) is 22.1. The molecule has 0 radical (unpaired) electrons. The molecule has 0 amide bonds. The molecule has 10 nitrogen and oxygen atoms in total. The number of methoxy groups -OCH3 is 1. The van der Waals surface area contributed by atoms with Crippen LogP contribution in [-0.4, -0.2) is 65.3 Å². The van der Waals surface area contributed by atoms with Crippen LogP contribution in [0.25, 0.3) is 0 Å². The molecule has 0 aliphatic carbocycles. The molecule has 0 spiro atoms. The summed E-state index contributed by atoms with van der Waals surface area (Å²) in [4.78, 5) is 43.9. The molecule has 0 N–H and O–H groups in total. The van der Waals surface area contributed by atoms with Crippen LogP contribution in [0.1, 0.15) is 31.1 Å². The smallest absolute Gasteiger partial charge is 0.338 e. The zero-order valence-electron chi connectivity index (χ0n) is 22.1. The van der Waals surface area contributed by atoms with E-state index in [1.165, 1.54) is 7.11 Å². The molecule has 2 heterocycles. The van der Waals surface area contributed by atoms with Gasteiger partial charge in [0.05, 0.1) is 29.6 Å². The van der Waals surface area contributed by atoms with Gasteiger partial charge in [-0.2, -0.15) is 0 Å². The fraction of sp³-hybridized carbons (Fsp3) is 0.226. The van der Waals surface area contributed by atoms with Crippen molar-refractivity contribution in [2.75, 3.05) is 7.11 Å². The first-order valence-corrected chi connectivity index (χ1v) is 13.0. The van der Waals surface area contributed by atoms with E-state index in [1.54, 1.807) is 114 Å². The molecule has 210 valence electrons. The van der Waals surface area contributed by atoms with Crippen LogP contribution >= 0.6 is 0 Å². The highest BCUT2D eigenvalue weighted by atomic mass is 16.7. The molecule has 5 rings (SSSR count). The van der Waals surface area contributed by atoms with Crippen LogP contribution in [0.15, 0.2) is 110 Å². The molecule has 3 aromatic carbocycles. The topological polar surface area (TPSA) is 115 Å². The minimum absolute atomic E-state index is 0.172. The molecule has 1 saturated heterocycles. The first-order chi connectivity index (χ1) is 20.0. The van der Waals surface area contributed by atoms with E-state index in [4.69, 9.17) is 23.7 Å². The molecule has 1 aromatic heterocycles. The molecule has 0 saturated carbocycles. The first kappa shape index (κ1) is 27.8. The van der Waals surface area contributed by atoms with E-state index in [2.05, 4.69) is 4.98 Å². The highest BCUT2D eigenvalue weighted by Crippen LogP contribution is 2.31. The number of carbonyl (C=O) groups excluding carboxylic acids is 3. The summed E-state index contributed by atoms with van der Waals surface area (Å²) in [7, 11) is 1.38. The quantitative estimate of drug-likeness (QED) is 0.223. The molecule has 0 unspecified atom stereocenters. The lowest BCUT2D eigenvalue weighted by Crippen LogP contribution is -2.62. The molecule has 4 aromatic rings. The van der Waals surface area contributed by atoms with Crippen LogP contribution in [-0.2, 0) is 30.2 Å². The number of benzene rings is 3. The summed E-state index contributed by atoms with van der Waals surface area (Å²) in [6.07, 6.45) is -0.917. The van der Waals surface area contributed by atoms with E-state index in [0.717, 1.165) is 0 Å². The molecule has 41 heavy (non-hydrogen) atoms. The molecule has 1 aliphatic rings. The number of hydrogen-bond donors (Lipinski definition) is 0. The van der Waals surface area contributed by atoms with Gasteiger partial charge in [0.2, 0.25) is 0 Å². The number of esters is 3. The van der Waals surface area contributed by atoms with Crippen molar-refractivity contribution in [3.63, 3.8) is 0 Å². The predicted octanol–water partition coefficient (Wildman–Crippen LogP) is 3.93. The number of hydrogen-bond acceptors (Lipinski definition) is 9. The Morgan fingerprint density at radius 3 is 1.61 bits per heavy atom. The fourth-order valence-electron chi connectivity index (χ4n) is 4.52. The summed E-state index contributed by atoms with van der Waals surface area (Å²) in [5.41, 5.74) is 0.822. The maximum absolute atomic E-state index is 13.3. The Balaban J connectivity index is 1.53. The van der Waals surface area contributed by atoms with Gasteiger partial charge in [-0.3, -0.25) is 0 Å². The van der Waals surface area contributed by atoms with Gasteiger partial charge in [0.1, 0.15) is 6.10 Å². The minimum Gasteiger partial charge on any atom is -0.452 e. The monoisotopic (exact) mass is 556 g/mol. The van der Waals surface area contributed by atoms with Crippen LogP contribution < -0.4 is 0 Å². The normalized spacial score (nSPS) is 21.9. The summed E-state index contributed by atoms with van der Waals surface area (Å²) < 4.78 is 31.3. The van der Waals surface area contributed by atoms with Crippen LogP contribution in [0.5, 0.6) is 0 Å². The van der Waals surface area contributed by atoms with Crippen LogP contribution in [0.4, 0.5) is 0 Å². The Labute approximate surface area is 236 Å². The molecular weight excluding hydrogens is 528 g/mol. The van der Waals surface area contributed by atoms with E-state index in [0.29, 0.717) is 0 Å². The molecular formula is C31H28N2O8. The van der Waals surface area contributed by atoms with Gasteiger partial charge in [-0.05, 0) is 36.4 Å². The Bertz CT molecular complexity index is 1430.